The van der Waals surface area contributed by atoms with Crippen molar-refractivity contribution in [1.29, 1.82) is 0 Å². The van der Waals surface area contributed by atoms with Crippen molar-refractivity contribution in [3.05, 3.63) is 161 Å². The Kier molecular flexibility index (Phi) is 16.9. The van der Waals surface area contributed by atoms with Crippen LogP contribution in [0.25, 0.3) is 5.57 Å². The standard InChI is InChI=1S/C37H36N2O3S.2CH5NO3S/c1-3-39(28-30-14-8-5-9-15-30)34-24-20-32(21-25-34)37(35-16-10-11-17-36(35)43(40,41)42)31-18-22-33(23-19-31)38(2)27-26-29-12-6-4-7-13-29;2*1-6(3,4)5-2/h4-25H,3,26-28H2,1-2H3;2*2H2,1H3. The zero-order chi connectivity index (χ0) is 40.6. The molecule has 0 amide bonds. The van der Waals surface area contributed by atoms with Gasteiger partial charge in [-0.1, -0.05) is 91.0 Å². The summed E-state index contributed by atoms with van der Waals surface area (Å²) < 4.78 is 84.6. The molecule has 0 atom stereocenters. The van der Waals surface area contributed by atoms with E-state index in [1.54, 1.807) is 18.2 Å². The van der Waals surface area contributed by atoms with Crippen molar-refractivity contribution in [2.45, 2.75) is 24.8 Å². The van der Waals surface area contributed by atoms with Crippen molar-refractivity contribution in [2.24, 2.45) is 11.8 Å². The third-order valence-electron chi connectivity index (χ3n) is 8.07. The molecule has 4 aromatic rings. The van der Waals surface area contributed by atoms with Crippen LogP contribution in [0, 0.1) is 0 Å². The lowest BCUT2D eigenvalue weighted by atomic mass is 9.90. The lowest BCUT2D eigenvalue weighted by molar-refractivity contribution is -0.495. The fourth-order valence-corrected chi connectivity index (χ4v) is 6.04. The second-order valence-corrected chi connectivity index (χ2v) is 16.7. The van der Waals surface area contributed by atoms with E-state index < -0.39 is 30.4 Å². The fraction of sp³-hybridized carbons (Fsp3) is 0.205. The summed E-state index contributed by atoms with van der Waals surface area (Å²) >= 11 is 0. The van der Waals surface area contributed by atoms with Crippen molar-refractivity contribution in [2.75, 3.05) is 37.5 Å². The Hall–Kier alpha value is -4.78. The molecule has 0 heterocycles. The highest BCUT2D eigenvalue weighted by Gasteiger charge is 2.19. The molecule has 0 saturated heterocycles. The Labute approximate surface area is 324 Å². The summed E-state index contributed by atoms with van der Waals surface area (Å²) in [5.74, 6) is 8.44. The SMILES string of the molecule is CCN(Cc1ccccc1)c1ccc(C(=C2C=CC(=[N+](C)CCc3ccccc3)C=C2)c2ccccc2S(=O)(=O)[O-])cc1.CS(=O)(=O)ON.CS(=O)(=O)ON. The van der Waals surface area contributed by atoms with Gasteiger partial charge in [-0.2, -0.15) is 37.2 Å². The molecule has 0 aromatic heterocycles. The predicted molar refractivity (Wildman–Crippen MR) is 215 cm³/mol. The number of rotatable bonds is 12. The number of benzene rings is 4. The monoisotopic (exact) mass is 810 g/mol. The first kappa shape index (κ1) is 44.6. The minimum Gasteiger partial charge on any atom is -0.744 e. The summed E-state index contributed by atoms with van der Waals surface area (Å²) in [6.45, 7) is 4.60. The molecule has 0 aliphatic heterocycles. The Morgan fingerprint density at radius 1 is 0.691 bits per heavy atom. The molecular formula is C39H46N4O9S3. The zero-order valence-electron chi connectivity index (χ0n) is 31.0. The van der Waals surface area contributed by atoms with E-state index in [2.05, 4.69) is 92.3 Å². The third kappa shape index (κ3) is 15.1. The molecule has 13 nitrogen and oxygen atoms in total. The van der Waals surface area contributed by atoms with Gasteiger partial charge >= 0.3 is 0 Å². The number of hydrogen-bond acceptors (Lipinski definition) is 12. The maximum Gasteiger partial charge on any atom is 0.280 e. The average molecular weight is 811 g/mol. The minimum atomic E-state index is -4.70. The summed E-state index contributed by atoms with van der Waals surface area (Å²) in [6.07, 6.45) is 10.7. The van der Waals surface area contributed by atoms with Crippen LogP contribution < -0.4 is 16.7 Å². The van der Waals surface area contributed by atoms with E-state index in [0.717, 1.165) is 61.1 Å². The molecule has 0 saturated carbocycles. The summed E-state index contributed by atoms with van der Waals surface area (Å²) in [7, 11) is -9.40. The van der Waals surface area contributed by atoms with Gasteiger partial charge in [0, 0.05) is 42.9 Å². The van der Waals surface area contributed by atoms with Gasteiger partial charge in [0.05, 0.1) is 17.4 Å². The quantitative estimate of drug-likeness (QED) is 0.115. The van der Waals surface area contributed by atoms with Crippen LogP contribution in [-0.4, -0.2) is 72.7 Å². The predicted octanol–water partition coefficient (Wildman–Crippen LogP) is 4.54. The highest BCUT2D eigenvalue weighted by Crippen LogP contribution is 2.34. The topological polar surface area (TPSA) is 202 Å². The number of hydrogen-bond donors (Lipinski definition) is 2. The van der Waals surface area contributed by atoms with Crippen LogP contribution in [0.15, 0.2) is 144 Å². The smallest absolute Gasteiger partial charge is 0.280 e. The number of likely N-dealkylation sites (N-methyl/N-ethyl adjacent to an activating group) is 1. The third-order valence-corrected chi connectivity index (χ3v) is 9.66. The molecule has 294 valence electrons. The van der Waals surface area contributed by atoms with Crippen molar-refractivity contribution < 1.29 is 42.9 Å². The van der Waals surface area contributed by atoms with Gasteiger partial charge in [0.2, 0.25) is 0 Å². The maximum atomic E-state index is 12.3. The first-order valence-corrected chi connectivity index (χ1v) is 21.8. The van der Waals surface area contributed by atoms with Crippen molar-refractivity contribution >= 4 is 47.3 Å². The molecule has 0 radical (unpaired) electrons. The fourth-order valence-electron chi connectivity index (χ4n) is 5.35. The molecule has 16 heteroatoms. The summed E-state index contributed by atoms with van der Waals surface area (Å²) in [5.41, 5.74) is 7.39. The number of nitrogens with two attached hydrogens (primary N) is 2. The zero-order valence-corrected chi connectivity index (χ0v) is 33.4. The van der Waals surface area contributed by atoms with Gasteiger partial charge in [-0.3, -0.25) is 0 Å². The van der Waals surface area contributed by atoms with Crippen molar-refractivity contribution in [3.63, 3.8) is 0 Å². The number of anilines is 1. The molecule has 1 aliphatic rings. The number of allylic oxidation sites excluding steroid dienone is 5. The first-order chi connectivity index (χ1) is 26.0. The highest BCUT2D eigenvalue weighted by atomic mass is 32.2. The number of nitrogens with zero attached hydrogens (tertiary/aromatic N) is 2. The van der Waals surface area contributed by atoms with Gasteiger partial charge < -0.3 is 9.45 Å². The van der Waals surface area contributed by atoms with E-state index in [1.807, 2.05) is 60.7 Å². The molecule has 1 aliphatic carbocycles. The van der Waals surface area contributed by atoms with Crippen LogP contribution in [0.1, 0.15) is 29.2 Å². The maximum absolute atomic E-state index is 12.3. The van der Waals surface area contributed by atoms with Gasteiger partial charge in [0.1, 0.15) is 23.7 Å². The Morgan fingerprint density at radius 2 is 1.16 bits per heavy atom. The van der Waals surface area contributed by atoms with E-state index in [1.165, 1.54) is 17.2 Å². The van der Waals surface area contributed by atoms with Gasteiger partial charge in [0.15, 0.2) is 5.71 Å². The van der Waals surface area contributed by atoms with E-state index in [4.69, 9.17) is 0 Å². The molecule has 55 heavy (non-hydrogen) atoms. The lowest BCUT2D eigenvalue weighted by Crippen LogP contribution is -2.21. The molecule has 4 aromatic carbocycles. The van der Waals surface area contributed by atoms with Gasteiger partial charge in [-0.05, 0) is 65.1 Å². The van der Waals surface area contributed by atoms with E-state index in [-0.39, 0.29) is 4.90 Å². The van der Waals surface area contributed by atoms with Crippen LogP contribution >= 0.6 is 0 Å². The normalized spacial score (nSPS) is 12.6. The second-order valence-electron chi connectivity index (χ2n) is 12.2. The molecule has 0 bridgehead atoms. The summed E-state index contributed by atoms with van der Waals surface area (Å²) in [4.78, 5) is 2.06. The molecule has 0 spiro atoms. The molecule has 4 N–H and O–H groups in total. The summed E-state index contributed by atoms with van der Waals surface area (Å²) in [6, 6.07) is 35.3. The van der Waals surface area contributed by atoms with Gasteiger partial charge in [0.25, 0.3) is 20.2 Å². The summed E-state index contributed by atoms with van der Waals surface area (Å²) in [5, 5.41) is 0. The van der Waals surface area contributed by atoms with Crippen molar-refractivity contribution in [1.82, 2.24) is 0 Å². The van der Waals surface area contributed by atoms with E-state index in [9.17, 15) is 29.8 Å². The molecule has 0 fully saturated rings. The van der Waals surface area contributed by atoms with Crippen LogP contribution in [0.5, 0.6) is 0 Å². The van der Waals surface area contributed by atoms with E-state index >= 15 is 0 Å². The largest absolute Gasteiger partial charge is 0.744 e. The second kappa shape index (κ2) is 20.8. The minimum absolute atomic E-state index is 0.225. The highest BCUT2D eigenvalue weighted by molar-refractivity contribution is 7.86. The van der Waals surface area contributed by atoms with Crippen LogP contribution in [-0.2, 0) is 51.9 Å². The Balaban J connectivity index is 0.000000587. The molecule has 0 unspecified atom stereocenters. The van der Waals surface area contributed by atoms with E-state index in [0.29, 0.717) is 11.1 Å². The van der Waals surface area contributed by atoms with Gasteiger partial charge in [-0.15, -0.1) is 0 Å². The lowest BCUT2D eigenvalue weighted by Gasteiger charge is -2.24. The Morgan fingerprint density at radius 3 is 1.64 bits per heavy atom. The first-order valence-electron chi connectivity index (χ1n) is 16.8. The van der Waals surface area contributed by atoms with Gasteiger partial charge in [-0.25, -0.2) is 13.0 Å². The van der Waals surface area contributed by atoms with Crippen molar-refractivity contribution in [3.8, 4) is 0 Å². The Bertz CT molecular complexity index is 2280. The molecular weight excluding hydrogens is 765 g/mol. The average Bonchev–Trinajstić information content (AvgIpc) is 3.17. The van der Waals surface area contributed by atoms with Crippen LogP contribution in [0.2, 0.25) is 0 Å². The molecule has 5 rings (SSSR count). The van der Waals surface area contributed by atoms with Crippen LogP contribution in [0.4, 0.5) is 5.69 Å². The van der Waals surface area contributed by atoms with Crippen LogP contribution in [0.3, 0.4) is 0 Å².